The minimum Gasteiger partial charge on any atom is -0.443 e. The Bertz CT molecular complexity index is 1180. The van der Waals surface area contributed by atoms with Gasteiger partial charge < -0.3 is 20.4 Å². The zero-order chi connectivity index (χ0) is 22.9. The van der Waals surface area contributed by atoms with Gasteiger partial charge in [-0.15, -0.1) is 0 Å². The number of anilines is 1. The van der Waals surface area contributed by atoms with Crippen molar-refractivity contribution < 1.29 is 14.3 Å². The van der Waals surface area contributed by atoms with Gasteiger partial charge in [0.1, 0.15) is 11.6 Å². The van der Waals surface area contributed by atoms with Crippen LogP contribution in [-0.2, 0) is 16.0 Å². The summed E-state index contributed by atoms with van der Waals surface area (Å²) in [5.41, 5.74) is 6.29. The Kier molecular flexibility index (Phi) is 6.47. The highest BCUT2D eigenvalue weighted by Gasteiger charge is 2.34. The molecule has 0 aliphatic carbocycles. The summed E-state index contributed by atoms with van der Waals surface area (Å²) in [6.45, 7) is 5.16. The quantitative estimate of drug-likeness (QED) is 0.479. The number of carbonyl (C=O) groups is 2. The van der Waals surface area contributed by atoms with Crippen LogP contribution in [0.3, 0.4) is 0 Å². The maximum Gasteiger partial charge on any atom is 0.415 e. The molecule has 1 heterocycles. The van der Waals surface area contributed by atoms with E-state index >= 15 is 0 Å². The number of halogens is 2. The molecular weight excluding hydrogens is 488 g/mol. The van der Waals surface area contributed by atoms with Crippen molar-refractivity contribution in [3.05, 3.63) is 61.9 Å². The Morgan fingerprint density at radius 2 is 1.84 bits per heavy atom. The lowest BCUT2D eigenvalue weighted by molar-refractivity contribution is -0.119. The Labute approximate surface area is 191 Å². The van der Waals surface area contributed by atoms with Crippen LogP contribution < -0.4 is 16.3 Å². The second kappa shape index (κ2) is 8.76. The average Bonchev–Trinajstić information content (AvgIpc) is 3.02. The van der Waals surface area contributed by atoms with Crippen molar-refractivity contribution in [1.29, 1.82) is 0 Å². The lowest BCUT2D eigenvalue weighted by atomic mass is 10.0. The predicted molar refractivity (Wildman–Crippen MR) is 123 cm³/mol. The SMILES string of the molecule is CC(C)(C)OC(=O)N(c1cc(Cl)c2[nH]c(=O)[nH]c2c1)[C@@H](Cc1ccc(Br)cc1)C(N)=O. The summed E-state index contributed by atoms with van der Waals surface area (Å²) in [5, 5.41) is 0.200. The van der Waals surface area contributed by atoms with E-state index in [1.807, 2.05) is 24.3 Å². The molecule has 0 unspecified atom stereocenters. The molecule has 2 aromatic carbocycles. The number of nitrogens with two attached hydrogens (primary N) is 1. The largest absolute Gasteiger partial charge is 0.443 e. The molecular formula is C21H22BrClN4O4. The normalized spacial score (nSPS) is 12.5. The molecule has 1 aromatic heterocycles. The van der Waals surface area contributed by atoms with Crippen molar-refractivity contribution in [2.45, 2.75) is 38.8 Å². The molecule has 10 heteroatoms. The number of fused-ring (bicyclic) bond motifs is 1. The Morgan fingerprint density at radius 3 is 2.42 bits per heavy atom. The summed E-state index contributed by atoms with van der Waals surface area (Å²) in [7, 11) is 0. The number of hydrogen-bond donors (Lipinski definition) is 3. The summed E-state index contributed by atoms with van der Waals surface area (Å²) in [6.07, 6.45) is -0.608. The van der Waals surface area contributed by atoms with E-state index in [2.05, 4.69) is 25.9 Å². The van der Waals surface area contributed by atoms with Crippen LogP contribution in [0.25, 0.3) is 11.0 Å². The maximum absolute atomic E-state index is 13.2. The number of aromatic amines is 2. The molecule has 4 N–H and O–H groups in total. The monoisotopic (exact) mass is 508 g/mol. The summed E-state index contributed by atoms with van der Waals surface area (Å²) < 4.78 is 6.43. The maximum atomic E-state index is 13.2. The van der Waals surface area contributed by atoms with E-state index in [1.165, 1.54) is 11.0 Å². The molecule has 31 heavy (non-hydrogen) atoms. The lowest BCUT2D eigenvalue weighted by Gasteiger charge is -2.32. The lowest BCUT2D eigenvalue weighted by Crippen LogP contribution is -2.51. The fraction of sp³-hybridized carbons (Fsp3) is 0.286. The van der Waals surface area contributed by atoms with Crippen LogP contribution >= 0.6 is 27.5 Å². The van der Waals surface area contributed by atoms with E-state index in [0.717, 1.165) is 10.0 Å². The van der Waals surface area contributed by atoms with E-state index in [-0.39, 0.29) is 17.1 Å². The van der Waals surface area contributed by atoms with Gasteiger partial charge in [-0.1, -0.05) is 39.7 Å². The number of nitrogens with one attached hydrogen (secondary N) is 2. The number of rotatable bonds is 5. The van der Waals surface area contributed by atoms with Crippen molar-refractivity contribution in [1.82, 2.24) is 9.97 Å². The van der Waals surface area contributed by atoms with Crippen LogP contribution in [-0.4, -0.2) is 33.6 Å². The van der Waals surface area contributed by atoms with Gasteiger partial charge in [-0.25, -0.2) is 9.59 Å². The average molecular weight is 510 g/mol. The highest BCUT2D eigenvalue weighted by atomic mass is 79.9. The third-order valence-electron chi connectivity index (χ3n) is 4.41. The number of benzene rings is 2. The van der Waals surface area contributed by atoms with Gasteiger partial charge in [0.15, 0.2) is 0 Å². The van der Waals surface area contributed by atoms with Crippen LogP contribution in [0.4, 0.5) is 10.5 Å². The van der Waals surface area contributed by atoms with E-state index in [1.54, 1.807) is 26.8 Å². The van der Waals surface area contributed by atoms with Gasteiger partial charge in [-0.2, -0.15) is 0 Å². The van der Waals surface area contributed by atoms with E-state index in [9.17, 15) is 14.4 Å². The molecule has 0 saturated carbocycles. The highest BCUT2D eigenvalue weighted by molar-refractivity contribution is 9.10. The molecule has 8 nitrogen and oxygen atoms in total. The first-order chi connectivity index (χ1) is 14.4. The summed E-state index contributed by atoms with van der Waals surface area (Å²) in [5.74, 6) is -0.715. The van der Waals surface area contributed by atoms with Crippen molar-refractivity contribution in [3.8, 4) is 0 Å². The van der Waals surface area contributed by atoms with Crippen LogP contribution in [0, 0.1) is 0 Å². The molecule has 0 spiro atoms. The number of aromatic nitrogens is 2. The number of hydrogen-bond acceptors (Lipinski definition) is 4. The van der Waals surface area contributed by atoms with Gasteiger partial charge in [0.25, 0.3) is 0 Å². The van der Waals surface area contributed by atoms with Crippen molar-refractivity contribution in [2.24, 2.45) is 5.73 Å². The first-order valence-electron chi connectivity index (χ1n) is 9.42. The standard InChI is InChI=1S/C21H22BrClN4O4/c1-21(2,3)31-20(30)27(13-9-14(23)17-15(10-13)25-19(29)26-17)16(18(24)28)8-11-4-6-12(22)7-5-11/h4-7,9-10,16H,8H2,1-3H3,(H2,24,28)(H2,25,26,29)/t16-/m0/s1. The van der Waals surface area contributed by atoms with Crippen LogP contribution in [0.5, 0.6) is 0 Å². The molecule has 0 saturated heterocycles. The number of H-pyrrole nitrogens is 2. The molecule has 0 radical (unpaired) electrons. The fourth-order valence-corrected chi connectivity index (χ4v) is 3.64. The van der Waals surface area contributed by atoms with Crippen LogP contribution in [0.2, 0.25) is 5.02 Å². The van der Waals surface area contributed by atoms with Crippen molar-refractivity contribution in [3.63, 3.8) is 0 Å². The molecule has 2 amide bonds. The van der Waals surface area contributed by atoms with Crippen molar-refractivity contribution >= 4 is 56.3 Å². The first kappa shape index (κ1) is 22.9. The molecule has 1 atom stereocenters. The molecule has 0 fully saturated rings. The Morgan fingerprint density at radius 1 is 1.19 bits per heavy atom. The Hall–Kier alpha value is -2.78. The molecule has 164 valence electrons. The van der Waals surface area contributed by atoms with Gasteiger partial charge in [-0.3, -0.25) is 9.69 Å². The third-order valence-corrected chi connectivity index (χ3v) is 5.24. The molecule has 0 aliphatic heterocycles. The number of imidazole rings is 1. The predicted octanol–water partition coefficient (Wildman–Crippen LogP) is 4.11. The molecule has 0 bridgehead atoms. The topological polar surface area (TPSA) is 121 Å². The first-order valence-corrected chi connectivity index (χ1v) is 10.6. The zero-order valence-corrected chi connectivity index (χ0v) is 19.5. The van der Waals surface area contributed by atoms with E-state index < -0.39 is 29.3 Å². The van der Waals surface area contributed by atoms with Gasteiger partial charge in [0.05, 0.1) is 21.7 Å². The summed E-state index contributed by atoms with van der Waals surface area (Å²) in [6, 6.07) is 9.28. The Balaban J connectivity index is 2.11. The van der Waals surface area contributed by atoms with E-state index in [0.29, 0.717) is 11.0 Å². The number of ether oxygens (including phenoxy) is 1. The van der Waals surface area contributed by atoms with Crippen LogP contribution in [0.15, 0.2) is 45.7 Å². The summed E-state index contributed by atoms with van der Waals surface area (Å²) in [4.78, 5) is 43.7. The fourth-order valence-electron chi connectivity index (χ4n) is 3.11. The number of nitrogens with zero attached hydrogens (tertiary/aromatic N) is 1. The minimum absolute atomic E-state index is 0.154. The zero-order valence-electron chi connectivity index (χ0n) is 17.2. The summed E-state index contributed by atoms with van der Waals surface area (Å²) >= 11 is 9.70. The van der Waals surface area contributed by atoms with E-state index in [4.69, 9.17) is 22.1 Å². The number of amides is 2. The van der Waals surface area contributed by atoms with Crippen LogP contribution in [0.1, 0.15) is 26.3 Å². The minimum atomic E-state index is -1.06. The van der Waals surface area contributed by atoms with Gasteiger partial charge >= 0.3 is 11.8 Å². The molecule has 3 rings (SSSR count). The molecule has 3 aromatic rings. The molecule has 0 aliphatic rings. The second-order valence-electron chi connectivity index (χ2n) is 8.03. The van der Waals surface area contributed by atoms with Gasteiger partial charge in [0, 0.05) is 10.9 Å². The number of carbonyl (C=O) groups excluding carboxylic acids is 2. The third kappa shape index (κ3) is 5.48. The van der Waals surface area contributed by atoms with Crippen molar-refractivity contribution in [2.75, 3.05) is 4.90 Å². The number of primary amides is 1. The second-order valence-corrected chi connectivity index (χ2v) is 9.35. The van der Waals surface area contributed by atoms with Gasteiger partial charge in [-0.05, 0) is 50.6 Å². The highest BCUT2D eigenvalue weighted by Crippen LogP contribution is 2.30. The van der Waals surface area contributed by atoms with Gasteiger partial charge in [0.2, 0.25) is 5.91 Å². The smallest absolute Gasteiger partial charge is 0.415 e.